The molecule has 13 heavy (non-hydrogen) atoms. The van der Waals surface area contributed by atoms with E-state index in [0.717, 1.165) is 12.0 Å². The largest absolute Gasteiger partial charge is 0.392 e. The number of hydrogen-bond donors (Lipinski definition) is 2. The van der Waals surface area contributed by atoms with E-state index in [1.165, 1.54) is 0 Å². The molecule has 2 rings (SSSR count). The smallest absolute Gasteiger partial charge is 0.132 e. The fourth-order valence-corrected chi connectivity index (χ4v) is 1.86. The summed E-state index contributed by atoms with van der Waals surface area (Å²) in [6.07, 6.45) is 1.50. The second kappa shape index (κ2) is 3.09. The summed E-state index contributed by atoms with van der Waals surface area (Å²) in [5.41, 5.74) is 7.74. The summed E-state index contributed by atoms with van der Waals surface area (Å²) in [4.78, 5) is 0. The molecule has 0 amide bonds. The second-order valence-corrected chi connectivity index (χ2v) is 3.41. The summed E-state index contributed by atoms with van der Waals surface area (Å²) < 4.78 is 13.5. The summed E-state index contributed by atoms with van der Waals surface area (Å²) in [6.45, 7) is -0.242. The van der Waals surface area contributed by atoms with Gasteiger partial charge in [-0.3, -0.25) is 0 Å². The fourth-order valence-electron chi connectivity index (χ4n) is 1.86. The molecule has 0 bridgehead atoms. The molecule has 1 atom stereocenters. The summed E-state index contributed by atoms with van der Waals surface area (Å²) in [7, 11) is 0. The van der Waals surface area contributed by atoms with Crippen LogP contribution in [0, 0.1) is 5.82 Å². The maximum atomic E-state index is 13.5. The van der Waals surface area contributed by atoms with Gasteiger partial charge in [-0.1, -0.05) is 12.1 Å². The molecule has 3 heteroatoms. The highest BCUT2D eigenvalue weighted by atomic mass is 19.1. The number of benzene rings is 1. The lowest BCUT2D eigenvalue weighted by Gasteiger charge is -2.07. The van der Waals surface area contributed by atoms with E-state index in [0.29, 0.717) is 17.5 Å². The molecule has 0 heterocycles. The zero-order chi connectivity index (χ0) is 9.42. The van der Waals surface area contributed by atoms with Crippen LogP contribution in [0.3, 0.4) is 0 Å². The Morgan fingerprint density at radius 1 is 1.54 bits per heavy atom. The normalized spacial score (nSPS) is 20.4. The predicted molar refractivity (Wildman–Crippen MR) is 47.6 cm³/mol. The monoisotopic (exact) mass is 181 g/mol. The van der Waals surface area contributed by atoms with E-state index < -0.39 is 0 Å². The van der Waals surface area contributed by atoms with Crippen molar-refractivity contribution in [2.45, 2.75) is 25.5 Å². The van der Waals surface area contributed by atoms with Gasteiger partial charge in [-0.05, 0) is 24.0 Å². The molecular weight excluding hydrogens is 169 g/mol. The van der Waals surface area contributed by atoms with Crippen molar-refractivity contribution in [2.24, 2.45) is 5.73 Å². The van der Waals surface area contributed by atoms with Gasteiger partial charge in [-0.25, -0.2) is 4.39 Å². The molecule has 0 saturated heterocycles. The third-order valence-electron chi connectivity index (χ3n) is 2.63. The van der Waals surface area contributed by atoms with E-state index in [-0.39, 0.29) is 18.5 Å². The first-order chi connectivity index (χ1) is 6.24. The van der Waals surface area contributed by atoms with Crippen molar-refractivity contribution in [1.29, 1.82) is 0 Å². The summed E-state index contributed by atoms with van der Waals surface area (Å²) >= 11 is 0. The average Bonchev–Trinajstić information content (AvgIpc) is 2.50. The van der Waals surface area contributed by atoms with Gasteiger partial charge in [0.25, 0.3) is 0 Å². The maximum absolute atomic E-state index is 13.5. The zero-order valence-corrected chi connectivity index (χ0v) is 7.26. The van der Waals surface area contributed by atoms with Crippen LogP contribution in [-0.2, 0) is 13.0 Å². The molecule has 0 radical (unpaired) electrons. The number of aliphatic hydroxyl groups excluding tert-OH is 1. The Morgan fingerprint density at radius 2 is 2.31 bits per heavy atom. The van der Waals surface area contributed by atoms with E-state index in [1.54, 1.807) is 6.07 Å². The summed E-state index contributed by atoms with van der Waals surface area (Å²) in [5, 5.41) is 8.84. The first kappa shape index (κ1) is 8.66. The number of rotatable bonds is 1. The molecule has 2 nitrogen and oxygen atoms in total. The second-order valence-electron chi connectivity index (χ2n) is 3.41. The molecule has 1 aromatic carbocycles. The Kier molecular flexibility index (Phi) is 2.06. The van der Waals surface area contributed by atoms with Gasteiger partial charge in [0.15, 0.2) is 0 Å². The van der Waals surface area contributed by atoms with Crippen LogP contribution in [0.4, 0.5) is 4.39 Å². The number of fused-ring (bicyclic) bond motifs is 1. The number of hydrogen-bond acceptors (Lipinski definition) is 2. The molecular formula is C10H12FNO. The lowest BCUT2D eigenvalue weighted by Crippen LogP contribution is -2.06. The van der Waals surface area contributed by atoms with Crippen molar-refractivity contribution in [2.75, 3.05) is 0 Å². The Labute approximate surface area is 76.2 Å². The van der Waals surface area contributed by atoms with E-state index in [9.17, 15) is 4.39 Å². The van der Waals surface area contributed by atoms with Gasteiger partial charge < -0.3 is 10.8 Å². The first-order valence-electron chi connectivity index (χ1n) is 4.40. The lowest BCUT2D eigenvalue weighted by molar-refractivity contribution is 0.275. The van der Waals surface area contributed by atoms with Gasteiger partial charge >= 0.3 is 0 Å². The highest BCUT2D eigenvalue weighted by Crippen LogP contribution is 2.32. The number of halogens is 1. The molecule has 0 aromatic heterocycles. The van der Waals surface area contributed by atoms with E-state index >= 15 is 0 Å². The Balaban J connectivity index is 2.54. The zero-order valence-electron chi connectivity index (χ0n) is 7.26. The Hall–Kier alpha value is -0.930. The van der Waals surface area contributed by atoms with Crippen molar-refractivity contribution in [3.8, 4) is 0 Å². The quantitative estimate of drug-likeness (QED) is 0.685. The van der Waals surface area contributed by atoms with Gasteiger partial charge in [-0.2, -0.15) is 0 Å². The van der Waals surface area contributed by atoms with Crippen LogP contribution >= 0.6 is 0 Å². The summed E-state index contributed by atoms with van der Waals surface area (Å²) in [6, 6.07) is 3.40. The molecule has 0 spiro atoms. The Morgan fingerprint density at radius 3 is 3.00 bits per heavy atom. The van der Waals surface area contributed by atoms with Gasteiger partial charge in [0.05, 0.1) is 6.61 Å². The molecule has 1 unspecified atom stereocenters. The molecule has 0 fully saturated rings. The minimum atomic E-state index is -0.270. The van der Waals surface area contributed by atoms with Crippen LogP contribution in [0.2, 0.25) is 0 Å². The van der Waals surface area contributed by atoms with Crippen molar-refractivity contribution in [3.63, 3.8) is 0 Å². The topological polar surface area (TPSA) is 46.2 Å². The maximum Gasteiger partial charge on any atom is 0.132 e. The van der Waals surface area contributed by atoms with Crippen molar-refractivity contribution >= 4 is 0 Å². The number of nitrogens with two attached hydrogens (primary N) is 1. The third-order valence-corrected chi connectivity index (χ3v) is 2.63. The molecule has 70 valence electrons. The SMILES string of the molecule is NC1CCc2c1ccc(CO)c2F. The van der Waals surface area contributed by atoms with Gasteiger partial charge in [0, 0.05) is 11.6 Å². The van der Waals surface area contributed by atoms with Crippen LogP contribution < -0.4 is 5.73 Å². The van der Waals surface area contributed by atoms with Crippen molar-refractivity contribution in [3.05, 3.63) is 34.6 Å². The highest BCUT2D eigenvalue weighted by Gasteiger charge is 2.23. The van der Waals surface area contributed by atoms with Crippen LogP contribution in [0.1, 0.15) is 29.2 Å². The van der Waals surface area contributed by atoms with Gasteiger partial charge in [0.2, 0.25) is 0 Å². The minimum absolute atomic E-state index is 0.0303. The molecule has 3 N–H and O–H groups in total. The predicted octanol–water partition coefficient (Wildman–Crippen LogP) is 1.26. The average molecular weight is 181 g/mol. The molecule has 0 aliphatic heterocycles. The van der Waals surface area contributed by atoms with Crippen LogP contribution in [0.5, 0.6) is 0 Å². The molecule has 0 saturated carbocycles. The van der Waals surface area contributed by atoms with Crippen LogP contribution in [-0.4, -0.2) is 5.11 Å². The lowest BCUT2D eigenvalue weighted by atomic mass is 10.0. The summed E-state index contributed by atoms with van der Waals surface area (Å²) in [5.74, 6) is -0.270. The van der Waals surface area contributed by atoms with Gasteiger partial charge in [0.1, 0.15) is 5.82 Å². The van der Waals surface area contributed by atoms with E-state index in [4.69, 9.17) is 10.8 Å². The fraction of sp³-hybridized carbons (Fsp3) is 0.400. The van der Waals surface area contributed by atoms with Crippen molar-refractivity contribution < 1.29 is 9.50 Å². The molecule has 1 aliphatic carbocycles. The minimum Gasteiger partial charge on any atom is -0.392 e. The van der Waals surface area contributed by atoms with Gasteiger partial charge in [-0.15, -0.1) is 0 Å². The molecule has 1 aliphatic rings. The van der Waals surface area contributed by atoms with Crippen LogP contribution in [0.15, 0.2) is 12.1 Å². The molecule has 1 aromatic rings. The van der Waals surface area contributed by atoms with Crippen molar-refractivity contribution in [1.82, 2.24) is 0 Å². The highest BCUT2D eigenvalue weighted by molar-refractivity contribution is 5.39. The van der Waals surface area contributed by atoms with E-state index in [2.05, 4.69) is 0 Å². The van der Waals surface area contributed by atoms with Crippen LogP contribution in [0.25, 0.3) is 0 Å². The third kappa shape index (κ3) is 1.24. The number of aliphatic hydroxyl groups is 1. The van der Waals surface area contributed by atoms with E-state index in [1.807, 2.05) is 6.07 Å². The first-order valence-corrected chi connectivity index (χ1v) is 4.40. The standard InChI is InChI=1S/C10H12FNO/c11-10-6(5-13)1-2-7-8(10)3-4-9(7)12/h1-2,9,13H,3-5,12H2. The Bertz CT molecular complexity index is 338.